The van der Waals surface area contributed by atoms with Crippen LogP contribution in [0, 0.1) is 0 Å². The van der Waals surface area contributed by atoms with E-state index in [0.29, 0.717) is 0 Å². The molecule has 2 aromatic rings. The van der Waals surface area contributed by atoms with E-state index in [1.807, 2.05) is 0 Å². The molecular weight excluding hydrogens is 394 g/mol. The van der Waals surface area contributed by atoms with Gasteiger partial charge < -0.3 is 19.7 Å². The van der Waals surface area contributed by atoms with E-state index in [0.717, 1.165) is 16.3 Å². The minimum atomic E-state index is -1.50. The van der Waals surface area contributed by atoms with Crippen molar-refractivity contribution >= 4 is 23.6 Å². The lowest BCUT2D eigenvalue weighted by Gasteiger charge is -2.17. The van der Waals surface area contributed by atoms with Crippen LogP contribution in [0.5, 0.6) is 0 Å². The van der Waals surface area contributed by atoms with E-state index in [2.05, 4.69) is 9.97 Å². The fraction of sp³-hybridized carbons (Fsp3) is 0.294. The lowest BCUT2D eigenvalue weighted by Crippen LogP contribution is -2.38. The minimum absolute atomic E-state index is 0.0486. The van der Waals surface area contributed by atoms with E-state index >= 15 is 0 Å². The van der Waals surface area contributed by atoms with Crippen LogP contribution in [-0.2, 0) is 9.47 Å². The molecule has 0 amide bonds. The van der Waals surface area contributed by atoms with Crippen LogP contribution in [0.3, 0.4) is 0 Å². The lowest BCUT2D eigenvalue weighted by molar-refractivity contribution is -0.0599. The molecule has 11 heteroatoms. The number of aromatic nitrogens is 3. The van der Waals surface area contributed by atoms with Gasteiger partial charge >= 0.3 is 11.7 Å². The third-order valence-corrected chi connectivity index (χ3v) is 4.27. The zero-order valence-corrected chi connectivity index (χ0v) is 15.0. The minimum Gasteiger partial charge on any atom is -0.459 e. The first kappa shape index (κ1) is 20.0. The predicted octanol–water partition coefficient (Wildman–Crippen LogP) is -0.383. The van der Waals surface area contributed by atoms with Gasteiger partial charge in [-0.05, 0) is 18.2 Å². The van der Waals surface area contributed by atoms with Gasteiger partial charge in [0.2, 0.25) is 0 Å². The van der Waals surface area contributed by atoms with Gasteiger partial charge in [0.15, 0.2) is 6.23 Å². The molecule has 0 aliphatic carbocycles. The van der Waals surface area contributed by atoms with Crippen LogP contribution in [0.2, 0.25) is 0 Å². The average Bonchev–Trinajstić information content (AvgIpc) is 2.97. The van der Waals surface area contributed by atoms with Crippen molar-refractivity contribution in [1.82, 2.24) is 14.5 Å². The third kappa shape index (κ3) is 4.04. The van der Waals surface area contributed by atoms with Gasteiger partial charge in [0.25, 0.3) is 5.56 Å². The summed E-state index contributed by atoms with van der Waals surface area (Å²) in [5, 5.41) is 20.5. The quantitative estimate of drug-likeness (QED) is 0.567. The molecular formula is C17H16ClN3O7. The molecule has 0 saturated carbocycles. The Balaban J connectivity index is 1.76. The van der Waals surface area contributed by atoms with E-state index in [9.17, 15) is 24.6 Å². The van der Waals surface area contributed by atoms with Gasteiger partial charge in [0.1, 0.15) is 24.9 Å². The number of halogens is 1. The number of carbonyl (C=O) groups excluding carboxylic acids is 1. The zero-order chi connectivity index (χ0) is 20.3. The van der Waals surface area contributed by atoms with Crippen LogP contribution in [0.25, 0.3) is 6.08 Å². The van der Waals surface area contributed by atoms with Gasteiger partial charge in [0.05, 0.1) is 11.1 Å². The Morgan fingerprint density at radius 1 is 1.32 bits per heavy atom. The van der Waals surface area contributed by atoms with Crippen molar-refractivity contribution in [3.05, 3.63) is 68.2 Å². The summed E-state index contributed by atoms with van der Waals surface area (Å²) in [4.78, 5) is 41.6. The maximum atomic E-state index is 12.1. The van der Waals surface area contributed by atoms with Crippen molar-refractivity contribution < 1.29 is 24.5 Å². The summed E-state index contributed by atoms with van der Waals surface area (Å²) in [5.41, 5.74) is -0.126. The number of ether oxygens (including phenoxy) is 2. The number of nitrogens with one attached hydrogen (secondary N) is 1. The van der Waals surface area contributed by atoms with Crippen molar-refractivity contribution in [2.45, 2.75) is 24.5 Å². The maximum absolute atomic E-state index is 12.1. The molecule has 4 atom stereocenters. The Morgan fingerprint density at radius 2 is 2.04 bits per heavy atom. The van der Waals surface area contributed by atoms with Crippen molar-refractivity contribution in [2.24, 2.45) is 0 Å². The van der Waals surface area contributed by atoms with E-state index in [1.165, 1.54) is 30.6 Å². The largest absolute Gasteiger partial charge is 0.459 e. The molecule has 148 valence electrons. The Kier molecular flexibility index (Phi) is 6.05. The normalized spacial score (nSPS) is 24.5. The molecule has 0 aromatic carbocycles. The molecule has 0 spiro atoms. The summed E-state index contributed by atoms with van der Waals surface area (Å²) >= 11 is 5.46. The molecule has 0 bridgehead atoms. The number of hydrogen-bond acceptors (Lipinski definition) is 8. The molecule has 3 N–H and O–H groups in total. The Bertz CT molecular complexity index is 988. The summed E-state index contributed by atoms with van der Waals surface area (Å²) < 4.78 is 11.5. The summed E-state index contributed by atoms with van der Waals surface area (Å²) in [6.45, 7) is -0.359. The number of H-pyrrole nitrogens is 1. The monoisotopic (exact) mass is 409 g/mol. The number of hydrogen-bond donors (Lipinski definition) is 3. The molecule has 1 fully saturated rings. The van der Waals surface area contributed by atoms with Gasteiger partial charge in [-0.2, -0.15) is 0 Å². The molecule has 28 heavy (non-hydrogen) atoms. The van der Waals surface area contributed by atoms with E-state index in [-0.39, 0.29) is 17.7 Å². The predicted molar refractivity (Wildman–Crippen MR) is 96.7 cm³/mol. The fourth-order valence-corrected chi connectivity index (χ4v) is 2.84. The van der Waals surface area contributed by atoms with Crippen LogP contribution in [0.15, 0.2) is 45.8 Å². The summed E-state index contributed by atoms with van der Waals surface area (Å²) in [7, 11) is 0. The van der Waals surface area contributed by atoms with Crippen molar-refractivity contribution in [3.63, 3.8) is 0 Å². The topological polar surface area (TPSA) is 144 Å². The first-order valence-electron chi connectivity index (χ1n) is 8.13. The Labute approximate surface area is 162 Å². The first-order chi connectivity index (χ1) is 13.4. The van der Waals surface area contributed by atoms with E-state index in [4.69, 9.17) is 21.1 Å². The van der Waals surface area contributed by atoms with Crippen LogP contribution in [0.1, 0.15) is 22.1 Å². The lowest BCUT2D eigenvalue weighted by atomic mass is 10.1. The fourth-order valence-electron chi connectivity index (χ4n) is 2.70. The second-order valence-corrected chi connectivity index (χ2v) is 6.18. The van der Waals surface area contributed by atoms with Crippen LogP contribution in [0.4, 0.5) is 0 Å². The highest BCUT2D eigenvalue weighted by atomic mass is 35.5. The summed E-state index contributed by atoms with van der Waals surface area (Å²) in [6, 6.07) is 2.91. The molecule has 0 unspecified atom stereocenters. The Hall–Kier alpha value is -2.79. The van der Waals surface area contributed by atoms with E-state index < -0.39 is 41.8 Å². The number of esters is 1. The molecule has 2 aromatic heterocycles. The van der Waals surface area contributed by atoms with Gasteiger partial charge in [0, 0.05) is 24.1 Å². The van der Waals surface area contributed by atoms with Crippen LogP contribution >= 0.6 is 11.6 Å². The number of aromatic amines is 1. The number of rotatable bonds is 5. The number of nitrogens with zero attached hydrogens (tertiary/aromatic N) is 2. The second kappa shape index (κ2) is 8.48. The van der Waals surface area contributed by atoms with Gasteiger partial charge in [-0.1, -0.05) is 11.6 Å². The van der Waals surface area contributed by atoms with Gasteiger partial charge in [-0.15, -0.1) is 0 Å². The zero-order valence-electron chi connectivity index (χ0n) is 14.3. The third-order valence-electron chi connectivity index (χ3n) is 4.14. The number of carbonyl (C=O) groups is 1. The van der Waals surface area contributed by atoms with Crippen molar-refractivity contribution in [1.29, 1.82) is 0 Å². The smallest absolute Gasteiger partial charge is 0.338 e. The SMILES string of the molecule is O=C(OC[C@H]1O[C@@H](n2cc(/C=C/Cl)c(=O)[nH]c2=O)[C@@H](O)[C@@H]1O)c1ccncc1. The van der Waals surface area contributed by atoms with E-state index in [1.54, 1.807) is 0 Å². The molecule has 3 rings (SSSR count). The average molecular weight is 410 g/mol. The molecule has 1 aliphatic heterocycles. The first-order valence-corrected chi connectivity index (χ1v) is 8.57. The van der Waals surface area contributed by atoms with Gasteiger partial charge in [-0.25, -0.2) is 9.59 Å². The van der Waals surface area contributed by atoms with Crippen LogP contribution in [-0.4, -0.2) is 55.6 Å². The van der Waals surface area contributed by atoms with Crippen molar-refractivity contribution in [3.8, 4) is 0 Å². The van der Waals surface area contributed by atoms with Crippen molar-refractivity contribution in [2.75, 3.05) is 6.61 Å². The molecule has 3 heterocycles. The maximum Gasteiger partial charge on any atom is 0.338 e. The number of pyridine rings is 1. The number of aliphatic hydroxyl groups is 2. The molecule has 0 radical (unpaired) electrons. The standard InChI is InChI=1S/C17H16ClN3O7/c18-4-1-10-7-21(17(26)20-14(10)24)15-13(23)12(22)11(28-15)8-27-16(25)9-2-5-19-6-3-9/h1-7,11-13,15,22-23H,8H2,(H,20,24,26)/b4-1+/t11-,12-,13+,15-/m1/s1. The highest BCUT2D eigenvalue weighted by Crippen LogP contribution is 2.28. The highest BCUT2D eigenvalue weighted by Gasteiger charge is 2.44. The highest BCUT2D eigenvalue weighted by molar-refractivity contribution is 6.27. The Morgan fingerprint density at radius 3 is 2.71 bits per heavy atom. The summed E-state index contributed by atoms with van der Waals surface area (Å²) in [5.74, 6) is -0.660. The molecule has 1 saturated heterocycles. The summed E-state index contributed by atoms with van der Waals surface area (Å²) in [6.07, 6.45) is -0.0709. The van der Waals surface area contributed by atoms with Gasteiger partial charge in [-0.3, -0.25) is 19.3 Å². The van der Waals surface area contributed by atoms with Crippen LogP contribution < -0.4 is 11.2 Å². The molecule has 10 nitrogen and oxygen atoms in total. The number of aliphatic hydroxyl groups excluding tert-OH is 2. The second-order valence-electron chi connectivity index (χ2n) is 5.92. The molecule has 1 aliphatic rings.